The summed E-state index contributed by atoms with van der Waals surface area (Å²) in [6.45, 7) is 4.52. The zero-order valence-corrected chi connectivity index (χ0v) is 31.8. The molecule has 0 aliphatic heterocycles. The van der Waals surface area contributed by atoms with Gasteiger partial charge in [-0.15, -0.1) is 0 Å². The minimum absolute atomic E-state index is 0.00541. The predicted molar refractivity (Wildman–Crippen MR) is 209 cm³/mol. The second-order valence-corrected chi connectivity index (χ2v) is 13.8. The highest BCUT2D eigenvalue weighted by molar-refractivity contribution is 5.69. The SMILES string of the molecule is CCCCC/C=C\C/C=C\C/C=C\C/C=C\CCCC(=O)OC(CCCCCCCCCCCCCCCC)CCCCCCC(=O)O. The topological polar surface area (TPSA) is 63.6 Å². The van der Waals surface area contributed by atoms with Crippen molar-refractivity contribution in [3.63, 3.8) is 0 Å². The van der Waals surface area contributed by atoms with Crippen LogP contribution in [0.15, 0.2) is 48.6 Å². The van der Waals surface area contributed by atoms with Gasteiger partial charge in [0.15, 0.2) is 0 Å². The molecule has 1 N–H and O–H groups in total. The summed E-state index contributed by atoms with van der Waals surface area (Å²) in [5, 5.41) is 8.86. The van der Waals surface area contributed by atoms with Crippen LogP contribution >= 0.6 is 0 Å². The third kappa shape index (κ3) is 38.3. The van der Waals surface area contributed by atoms with E-state index >= 15 is 0 Å². The number of unbranched alkanes of at least 4 members (excludes halogenated alkanes) is 20. The molecule has 1 unspecified atom stereocenters. The van der Waals surface area contributed by atoms with Crippen molar-refractivity contribution in [1.82, 2.24) is 0 Å². The molecule has 0 aromatic rings. The van der Waals surface area contributed by atoms with E-state index in [-0.39, 0.29) is 18.5 Å². The molecular formula is C44H78O4. The first-order valence-corrected chi connectivity index (χ1v) is 20.6. The molecule has 0 heterocycles. The average molecular weight is 671 g/mol. The highest BCUT2D eigenvalue weighted by Crippen LogP contribution is 2.18. The van der Waals surface area contributed by atoms with E-state index in [0.29, 0.717) is 6.42 Å². The van der Waals surface area contributed by atoms with Gasteiger partial charge in [-0.05, 0) is 77.0 Å². The van der Waals surface area contributed by atoms with E-state index in [9.17, 15) is 9.59 Å². The summed E-state index contributed by atoms with van der Waals surface area (Å²) >= 11 is 0. The van der Waals surface area contributed by atoms with Crippen molar-refractivity contribution >= 4 is 11.9 Å². The molecular weight excluding hydrogens is 592 g/mol. The van der Waals surface area contributed by atoms with Crippen LogP contribution in [0.1, 0.15) is 213 Å². The molecule has 0 aromatic carbocycles. The van der Waals surface area contributed by atoms with Crippen LogP contribution in [0, 0.1) is 0 Å². The number of rotatable bonds is 37. The summed E-state index contributed by atoms with van der Waals surface area (Å²) in [6, 6.07) is 0. The number of hydrogen-bond acceptors (Lipinski definition) is 3. The minimum atomic E-state index is -0.717. The zero-order valence-electron chi connectivity index (χ0n) is 31.8. The summed E-state index contributed by atoms with van der Waals surface area (Å²) in [5.41, 5.74) is 0. The van der Waals surface area contributed by atoms with Gasteiger partial charge < -0.3 is 9.84 Å². The number of carboxylic acids is 1. The lowest BCUT2D eigenvalue weighted by molar-refractivity contribution is -0.150. The molecule has 0 aromatic heterocycles. The Labute approximate surface area is 298 Å². The first-order valence-electron chi connectivity index (χ1n) is 20.6. The lowest BCUT2D eigenvalue weighted by atomic mass is 10.0. The molecule has 0 rings (SSSR count). The van der Waals surface area contributed by atoms with Crippen LogP contribution in [-0.2, 0) is 14.3 Å². The Morgan fingerprint density at radius 2 is 0.833 bits per heavy atom. The molecule has 278 valence electrons. The normalized spacial score (nSPS) is 12.7. The monoisotopic (exact) mass is 671 g/mol. The average Bonchev–Trinajstić information content (AvgIpc) is 3.07. The number of hydrogen-bond donors (Lipinski definition) is 1. The van der Waals surface area contributed by atoms with Crippen LogP contribution in [0.3, 0.4) is 0 Å². The van der Waals surface area contributed by atoms with E-state index < -0.39 is 5.97 Å². The first kappa shape index (κ1) is 45.9. The zero-order chi connectivity index (χ0) is 35.0. The quantitative estimate of drug-likeness (QED) is 0.0406. The van der Waals surface area contributed by atoms with Gasteiger partial charge in [-0.25, -0.2) is 0 Å². The van der Waals surface area contributed by atoms with Crippen molar-refractivity contribution in [3.8, 4) is 0 Å². The number of carbonyl (C=O) groups is 2. The Morgan fingerprint density at radius 3 is 1.29 bits per heavy atom. The largest absolute Gasteiger partial charge is 0.481 e. The Bertz CT molecular complexity index is 809. The third-order valence-corrected chi connectivity index (χ3v) is 9.05. The Kier molecular flexibility index (Phi) is 37.6. The summed E-state index contributed by atoms with van der Waals surface area (Å²) in [7, 11) is 0. The predicted octanol–water partition coefficient (Wildman–Crippen LogP) is 14.3. The van der Waals surface area contributed by atoms with E-state index in [1.165, 1.54) is 109 Å². The van der Waals surface area contributed by atoms with Gasteiger partial charge in [-0.1, -0.05) is 172 Å². The van der Waals surface area contributed by atoms with Gasteiger partial charge in [0.25, 0.3) is 0 Å². The molecule has 0 saturated carbocycles. The Hall–Kier alpha value is -2.10. The molecule has 48 heavy (non-hydrogen) atoms. The van der Waals surface area contributed by atoms with Crippen LogP contribution < -0.4 is 0 Å². The van der Waals surface area contributed by atoms with Crippen molar-refractivity contribution in [2.75, 3.05) is 0 Å². The number of esters is 1. The Morgan fingerprint density at radius 1 is 0.458 bits per heavy atom. The summed E-state index contributed by atoms with van der Waals surface area (Å²) in [6.07, 6.45) is 52.7. The number of allylic oxidation sites excluding steroid dienone is 8. The maximum atomic E-state index is 12.6. The van der Waals surface area contributed by atoms with Crippen molar-refractivity contribution in [2.24, 2.45) is 0 Å². The van der Waals surface area contributed by atoms with Crippen LogP contribution in [-0.4, -0.2) is 23.1 Å². The molecule has 0 aliphatic carbocycles. The minimum Gasteiger partial charge on any atom is -0.481 e. The summed E-state index contributed by atoms with van der Waals surface area (Å²) < 4.78 is 5.96. The Balaban J connectivity index is 4.10. The molecule has 0 fully saturated rings. The highest BCUT2D eigenvalue weighted by atomic mass is 16.5. The van der Waals surface area contributed by atoms with Crippen molar-refractivity contribution in [3.05, 3.63) is 48.6 Å². The maximum Gasteiger partial charge on any atom is 0.306 e. The van der Waals surface area contributed by atoms with E-state index in [0.717, 1.165) is 77.0 Å². The van der Waals surface area contributed by atoms with Crippen LogP contribution in [0.5, 0.6) is 0 Å². The number of ether oxygens (including phenoxy) is 1. The van der Waals surface area contributed by atoms with E-state index in [2.05, 4.69) is 62.5 Å². The van der Waals surface area contributed by atoms with Gasteiger partial charge in [0.1, 0.15) is 6.10 Å². The second kappa shape index (κ2) is 39.3. The van der Waals surface area contributed by atoms with E-state index in [1.54, 1.807) is 0 Å². The summed E-state index contributed by atoms with van der Waals surface area (Å²) in [5.74, 6) is -0.780. The van der Waals surface area contributed by atoms with Gasteiger partial charge in [0, 0.05) is 12.8 Å². The van der Waals surface area contributed by atoms with Gasteiger partial charge in [-0.3, -0.25) is 9.59 Å². The molecule has 0 radical (unpaired) electrons. The molecule has 0 bridgehead atoms. The van der Waals surface area contributed by atoms with Gasteiger partial charge in [0.05, 0.1) is 0 Å². The van der Waals surface area contributed by atoms with Gasteiger partial charge >= 0.3 is 11.9 Å². The van der Waals surface area contributed by atoms with Crippen molar-refractivity contribution < 1.29 is 19.4 Å². The molecule has 0 amide bonds. The van der Waals surface area contributed by atoms with Crippen LogP contribution in [0.4, 0.5) is 0 Å². The lowest BCUT2D eigenvalue weighted by Crippen LogP contribution is -2.18. The van der Waals surface area contributed by atoms with Crippen molar-refractivity contribution in [1.29, 1.82) is 0 Å². The third-order valence-electron chi connectivity index (χ3n) is 9.05. The van der Waals surface area contributed by atoms with E-state index in [1.807, 2.05) is 0 Å². The fourth-order valence-electron chi connectivity index (χ4n) is 6.00. The molecule has 0 saturated heterocycles. The van der Waals surface area contributed by atoms with Crippen molar-refractivity contribution in [2.45, 2.75) is 219 Å². The van der Waals surface area contributed by atoms with Gasteiger partial charge in [0.2, 0.25) is 0 Å². The number of carbonyl (C=O) groups excluding carboxylic acids is 1. The molecule has 0 spiro atoms. The number of carboxylic acid groups (broad SMARTS) is 1. The second-order valence-electron chi connectivity index (χ2n) is 13.8. The smallest absolute Gasteiger partial charge is 0.306 e. The summed E-state index contributed by atoms with van der Waals surface area (Å²) in [4.78, 5) is 23.4. The number of aliphatic carboxylic acids is 1. The first-order chi connectivity index (χ1) is 23.6. The molecule has 4 heteroatoms. The van der Waals surface area contributed by atoms with E-state index in [4.69, 9.17) is 9.84 Å². The van der Waals surface area contributed by atoms with Gasteiger partial charge in [-0.2, -0.15) is 0 Å². The maximum absolute atomic E-state index is 12.6. The fraction of sp³-hybridized carbons (Fsp3) is 0.773. The lowest BCUT2D eigenvalue weighted by Gasteiger charge is -2.18. The molecule has 4 nitrogen and oxygen atoms in total. The van der Waals surface area contributed by atoms with Crippen LogP contribution in [0.2, 0.25) is 0 Å². The molecule has 1 atom stereocenters. The molecule has 0 aliphatic rings. The highest BCUT2D eigenvalue weighted by Gasteiger charge is 2.14. The van der Waals surface area contributed by atoms with Crippen LogP contribution in [0.25, 0.3) is 0 Å². The fourth-order valence-corrected chi connectivity index (χ4v) is 6.00. The standard InChI is InChI=1S/C44H78O4/c1-3-5-7-9-11-13-15-17-19-20-21-23-25-27-29-31-37-41-44(47)48-42(39-35-32-33-36-40-43(45)46)38-34-30-28-26-24-22-18-16-14-12-10-8-6-4-2/h11,13,17,19,21,23,27,29,42H,3-10,12,14-16,18,20,22,24-26,28,30-41H2,1-2H3,(H,45,46)/b13-11-,19-17-,23-21-,29-27-.